The molecular weight excluding hydrogens is 236 g/mol. The van der Waals surface area contributed by atoms with Gasteiger partial charge in [0.15, 0.2) is 5.82 Å². The summed E-state index contributed by atoms with van der Waals surface area (Å²) in [5.41, 5.74) is 0. The minimum absolute atomic E-state index is 0.708. The van der Waals surface area contributed by atoms with Gasteiger partial charge in [-0.15, -0.1) is 5.10 Å². The highest BCUT2D eigenvalue weighted by atomic mass is 15.2. The third-order valence-corrected chi connectivity index (χ3v) is 3.84. The van der Waals surface area contributed by atoms with Gasteiger partial charge in [-0.3, -0.25) is 0 Å². The number of nitrogens with zero attached hydrogens (tertiary/aromatic N) is 3. The summed E-state index contributed by atoms with van der Waals surface area (Å²) in [6.45, 7) is 3.31. The standard InChI is InChI=1S/C15H20N4/c1-19(11-12-5-4-8-16-9-12)15-14-7-3-2-6-13(14)10-17-18-15/h2-3,6-7,10,12,16H,4-5,8-9,11H2,1H3. The first-order valence-electron chi connectivity index (χ1n) is 6.97. The minimum atomic E-state index is 0.708. The second kappa shape index (κ2) is 5.53. The van der Waals surface area contributed by atoms with Gasteiger partial charge >= 0.3 is 0 Å². The number of rotatable bonds is 3. The lowest BCUT2D eigenvalue weighted by molar-refractivity contribution is 0.380. The quantitative estimate of drug-likeness (QED) is 0.912. The molecule has 3 rings (SSSR count). The molecule has 1 N–H and O–H groups in total. The molecule has 2 aromatic rings. The van der Waals surface area contributed by atoms with Crippen molar-refractivity contribution in [3.05, 3.63) is 30.5 Å². The fourth-order valence-corrected chi connectivity index (χ4v) is 2.85. The zero-order valence-electron chi connectivity index (χ0n) is 11.3. The van der Waals surface area contributed by atoms with E-state index in [1.165, 1.54) is 18.2 Å². The third kappa shape index (κ3) is 2.68. The van der Waals surface area contributed by atoms with Crippen LogP contribution in [0.1, 0.15) is 12.8 Å². The van der Waals surface area contributed by atoms with Crippen molar-refractivity contribution in [2.75, 3.05) is 31.6 Å². The zero-order valence-corrected chi connectivity index (χ0v) is 11.3. The van der Waals surface area contributed by atoms with Crippen LogP contribution in [-0.2, 0) is 0 Å². The summed E-state index contributed by atoms with van der Waals surface area (Å²) in [6.07, 6.45) is 4.41. The van der Waals surface area contributed by atoms with Gasteiger partial charge in [-0.05, 0) is 31.8 Å². The molecule has 19 heavy (non-hydrogen) atoms. The number of piperidine rings is 1. The Hall–Kier alpha value is -1.68. The maximum atomic E-state index is 4.33. The summed E-state index contributed by atoms with van der Waals surface area (Å²) >= 11 is 0. The Morgan fingerprint density at radius 3 is 3.11 bits per heavy atom. The van der Waals surface area contributed by atoms with Crippen molar-refractivity contribution in [1.29, 1.82) is 0 Å². The molecule has 0 spiro atoms. The molecule has 100 valence electrons. The zero-order chi connectivity index (χ0) is 13.1. The number of nitrogens with one attached hydrogen (secondary N) is 1. The maximum Gasteiger partial charge on any atom is 0.158 e. The molecule has 2 heterocycles. The Bertz CT molecular complexity index is 543. The normalized spacial score (nSPS) is 19.5. The lowest BCUT2D eigenvalue weighted by atomic mass is 9.99. The van der Waals surface area contributed by atoms with E-state index in [1.54, 1.807) is 0 Å². The lowest BCUT2D eigenvalue weighted by Crippen LogP contribution is -2.37. The van der Waals surface area contributed by atoms with E-state index in [-0.39, 0.29) is 0 Å². The van der Waals surface area contributed by atoms with Crippen LogP contribution < -0.4 is 10.2 Å². The van der Waals surface area contributed by atoms with Crippen LogP contribution in [0.2, 0.25) is 0 Å². The van der Waals surface area contributed by atoms with E-state index in [0.717, 1.165) is 30.8 Å². The van der Waals surface area contributed by atoms with Crippen molar-refractivity contribution in [2.24, 2.45) is 5.92 Å². The second-order valence-corrected chi connectivity index (χ2v) is 5.35. The molecule has 1 aliphatic rings. The molecule has 0 amide bonds. The molecule has 1 fully saturated rings. The van der Waals surface area contributed by atoms with Crippen LogP contribution in [0.25, 0.3) is 10.8 Å². The minimum Gasteiger partial charge on any atom is -0.357 e. The number of benzene rings is 1. The first kappa shape index (κ1) is 12.4. The fourth-order valence-electron chi connectivity index (χ4n) is 2.85. The van der Waals surface area contributed by atoms with Crippen LogP contribution >= 0.6 is 0 Å². The van der Waals surface area contributed by atoms with Gasteiger partial charge < -0.3 is 10.2 Å². The van der Waals surface area contributed by atoms with Gasteiger partial charge in [0.25, 0.3) is 0 Å². The van der Waals surface area contributed by atoms with Crippen LogP contribution in [0.3, 0.4) is 0 Å². The topological polar surface area (TPSA) is 41.0 Å². The van der Waals surface area contributed by atoms with E-state index >= 15 is 0 Å². The Balaban J connectivity index is 1.82. The van der Waals surface area contributed by atoms with Crippen LogP contribution in [0.4, 0.5) is 5.82 Å². The number of hydrogen-bond acceptors (Lipinski definition) is 4. The van der Waals surface area contributed by atoms with Crippen molar-refractivity contribution in [3.8, 4) is 0 Å². The van der Waals surface area contributed by atoms with Gasteiger partial charge in [0.2, 0.25) is 0 Å². The average Bonchev–Trinajstić information content (AvgIpc) is 2.47. The van der Waals surface area contributed by atoms with E-state index in [9.17, 15) is 0 Å². The molecule has 0 radical (unpaired) electrons. The van der Waals surface area contributed by atoms with Crippen molar-refractivity contribution in [1.82, 2.24) is 15.5 Å². The Labute approximate surface area is 113 Å². The number of anilines is 1. The van der Waals surface area contributed by atoms with Crippen molar-refractivity contribution in [2.45, 2.75) is 12.8 Å². The predicted octanol–water partition coefficient (Wildman–Crippen LogP) is 2.07. The highest BCUT2D eigenvalue weighted by molar-refractivity contribution is 5.91. The number of hydrogen-bond donors (Lipinski definition) is 1. The lowest BCUT2D eigenvalue weighted by Gasteiger charge is -2.28. The predicted molar refractivity (Wildman–Crippen MR) is 78.4 cm³/mol. The average molecular weight is 256 g/mol. The van der Waals surface area contributed by atoms with Gasteiger partial charge in [-0.25, -0.2) is 0 Å². The molecule has 1 aliphatic heterocycles. The summed E-state index contributed by atoms with van der Waals surface area (Å²) < 4.78 is 0. The Morgan fingerprint density at radius 1 is 1.37 bits per heavy atom. The molecule has 1 unspecified atom stereocenters. The highest BCUT2D eigenvalue weighted by Crippen LogP contribution is 2.23. The Kier molecular flexibility index (Phi) is 3.60. The monoisotopic (exact) mass is 256 g/mol. The largest absolute Gasteiger partial charge is 0.357 e. The van der Waals surface area contributed by atoms with E-state index in [1.807, 2.05) is 12.3 Å². The summed E-state index contributed by atoms with van der Waals surface area (Å²) in [7, 11) is 2.12. The SMILES string of the molecule is CN(CC1CCCNC1)c1nncc2ccccc12. The van der Waals surface area contributed by atoms with E-state index in [0.29, 0.717) is 5.92 Å². The molecule has 1 atom stereocenters. The molecule has 1 aromatic carbocycles. The molecule has 1 aromatic heterocycles. The van der Waals surface area contributed by atoms with Crippen molar-refractivity contribution < 1.29 is 0 Å². The highest BCUT2D eigenvalue weighted by Gasteiger charge is 2.17. The molecular formula is C15H20N4. The number of fused-ring (bicyclic) bond motifs is 1. The maximum absolute atomic E-state index is 4.33. The molecule has 0 aliphatic carbocycles. The summed E-state index contributed by atoms with van der Waals surface area (Å²) in [5.74, 6) is 1.70. The first-order valence-corrected chi connectivity index (χ1v) is 6.97. The molecule has 0 bridgehead atoms. The summed E-state index contributed by atoms with van der Waals surface area (Å²) in [6, 6.07) is 8.31. The summed E-state index contributed by atoms with van der Waals surface area (Å²) in [4.78, 5) is 2.24. The van der Waals surface area contributed by atoms with Crippen LogP contribution in [0.15, 0.2) is 30.5 Å². The Morgan fingerprint density at radius 2 is 2.26 bits per heavy atom. The molecule has 4 nitrogen and oxygen atoms in total. The van der Waals surface area contributed by atoms with Crippen molar-refractivity contribution in [3.63, 3.8) is 0 Å². The third-order valence-electron chi connectivity index (χ3n) is 3.84. The summed E-state index contributed by atoms with van der Waals surface area (Å²) in [5, 5.41) is 14.3. The van der Waals surface area contributed by atoms with E-state index < -0.39 is 0 Å². The first-order chi connectivity index (χ1) is 9.34. The van der Waals surface area contributed by atoms with Gasteiger partial charge in [-0.1, -0.05) is 24.3 Å². The fraction of sp³-hybridized carbons (Fsp3) is 0.467. The van der Waals surface area contributed by atoms with Gasteiger partial charge in [-0.2, -0.15) is 5.10 Å². The molecule has 1 saturated heterocycles. The number of aromatic nitrogens is 2. The second-order valence-electron chi connectivity index (χ2n) is 5.35. The molecule has 4 heteroatoms. The van der Waals surface area contributed by atoms with Crippen molar-refractivity contribution >= 4 is 16.6 Å². The van der Waals surface area contributed by atoms with Gasteiger partial charge in [0, 0.05) is 24.4 Å². The van der Waals surface area contributed by atoms with Crippen LogP contribution in [0, 0.1) is 5.92 Å². The van der Waals surface area contributed by atoms with E-state index in [2.05, 4.69) is 45.7 Å². The smallest absolute Gasteiger partial charge is 0.158 e. The van der Waals surface area contributed by atoms with Gasteiger partial charge in [0.1, 0.15) is 0 Å². The van der Waals surface area contributed by atoms with E-state index in [4.69, 9.17) is 0 Å². The molecule has 0 saturated carbocycles. The van der Waals surface area contributed by atoms with Gasteiger partial charge in [0.05, 0.1) is 6.20 Å². The van der Waals surface area contributed by atoms with Crippen LogP contribution in [-0.4, -0.2) is 36.9 Å². The van der Waals surface area contributed by atoms with Crippen LogP contribution in [0.5, 0.6) is 0 Å².